The van der Waals surface area contributed by atoms with Crippen LogP contribution in [0, 0.1) is 0 Å². The fourth-order valence-corrected chi connectivity index (χ4v) is 3.21. The number of hydrogen-bond acceptors (Lipinski definition) is 7. The van der Waals surface area contributed by atoms with E-state index in [1.54, 1.807) is 64.1 Å². The molecule has 1 atom stereocenters. The van der Waals surface area contributed by atoms with E-state index in [2.05, 4.69) is 5.32 Å². The van der Waals surface area contributed by atoms with Gasteiger partial charge in [-0.1, -0.05) is 60.7 Å². The number of nitrogens with one attached hydrogen (secondary N) is 1. The number of benzene rings is 2. The Labute approximate surface area is 211 Å². The Hall–Kier alpha value is -3.88. The molecule has 0 fully saturated rings. The lowest BCUT2D eigenvalue weighted by Crippen LogP contribution is -2.51. The van der Waals surface area contributed by atoms with Crippen LogP contribution in [-0.2, 0) is 41.7 Å². The predicted molar refractivity (Wildman–Crippen MR) is 133 cm³/mol. The Kier molecular flexibility index (Phi) is 10.9. The lowest BCUT2D eigenvalue weighted by molar-refractivity contribution is -0.152. The van der Waals surface area contributed by atoms with Gasteiger partial charge in [0.25, 0.3) is 0 Å². The molecule has 0 aliphatic rings. The Balaban J connectivity index is 2.22. The number of rotatable bonds is 11. The molecular weight excluding hydrogens is 464 g/mol. The van der Waals surface area contributed by atoms with Crippen LogP contribution < -0.4 is 5.32 Å². The number of ether oxygens (including phenoxy) is 3. The van der Waals surface area contributed by atoms with E-state index in [0.717, 1.165) is 11.1 Å². The van der Waals surface area contributed by atoms with Crippen LogP contribution in [0.5, 0.6) is 0 Å². The van der Waals surface area contributed by atoms with Gasteiger partial charge in [0, 0.05) is 6.54 Å². The van der Waals surface area contributed by atoms with Crippen molar-refractivity contribution < 1.29 is 33.4 Å². The van der Waals surface area contributed by atoms with Gasteiger partial charge in [0.1, 0.15) is 24.8 Å². The van der Waals surface area contributed by atoms with Crippen LogP contribution in [0.4, 0.5) is 4.79 Å². The van der Waals surface area contributed by atoms with Gasteiger partial charge in [-0.15, -0.1) is 0 Å². The predicted octanol–water partition coefficient (Wildman–Crippen LogP) is 3.61. The molecule has 2 aromatic carbocycles. The molecule has 0 unspecified atom stereocenters. The summed E-state index contributed by atoms with van der Waals surface area (Å²) in [6.07, 6.45) is -1.31. The van der Waals surface area contributed by atoms with Crippen molar-refractivity contribution >= 4 is 23.9 Å². The topological polar surface area (TPSA) is 111 Å². The molecule has 2 amide bonds. The number of hydrogen-bond donors (Lipinski definition) is 1. The van der Waals surface area contributed by atoms with Crippen LogP contribution in [0.25, 0.3) is 0 Å². The van der Waals surface area contributed by atoms with Gasteiger partial charge in [0.2, 0.25) is 5.91 Å². The fourth-order valence-electron chi connectivity index (χ4n) is 3.21. The van der Waals surface area contributed by atoms with Crippen LogP contribution in [-0.4, -0.2) is 53.6 Å². The van der Waals surface area contributed by atoms with Gasteiger partial charge in [-0.2, -0.15) is 0 Å². The number of nitrogens with zero attached hydrogens (tertiary/aromatic N) is 1. The van der Waals surface area contributed by atoms with Crippen LogP contribution in [0.15, 0.2) is 60.7 Å². The van der Waals surface area contributed by atoms with Crippen molar-refractivity contribution in [3.63, 3.8) is 0 Å². The molecule has 194 valence electrons. The molecule has 0 radical (unpaired) electrons. The smallest absolute Gasteiger partial charge is 0.408 e. The van der Waals surface area contributed by atoms with Gasteiger partial charge in [-0.25, -0.2) is 4.79 Å². The van der Waals surface area contributed by atoms with Crippen molar-refractivity contribution in [3.05, 3.63) is 71.8 Å². The summed E-state index contributed by atoms with van der Waals surface area (Å²) in [5.41, 5.74) is 0.722. The van der Waals surface area contributed by atoms with Crippen molar-refractivity contribution in [2.75, 3.05) is 13.2 Å². The highest BCUT2D eigenvalue weighted by atomic mass is 16.6. The normalized spacial score (nSPS) is 11.7. The SMILES string of the molecule is CCOC(=O)CN(Cc1ccccc1)C(=O)[C@@H](CC(=O)OCc1ccccc1)NC(=O)OC(C)(C)C. The van der Waals surface area contributed by atoms with Gasteiger partial charge in [0.05, 0.1) is 13.0 Å². The number of amides is 2. The molecule has 9 nitrogen and oxygen atoms in total. The van der Waals surface area contributed by atoms with Crippen LogP contribution >= 0.6 is 0 Å². The van der Waals surface area contributed by atoms with E-state index in [1.807, 2.05) is 24.3 Å². The highest BCUT2D eigenvalue weighted by molar-refractivity contribution is 5.91. The largest absolute Gasteiger partial charge is 0.465 e. The minimum atomic E-state index is -1.32. The molecule has 0 aliphatic heterocycles. The zero-order valence-corrected chi connectivity index (χ0v) is 21.2. The molecule has 36 heavy (non-hydrogen) atoms. The van der Waals surface area contributed by atoms with Gasteiger partial charge in [-0.3, -0.25) is 14.4 Å². The molecule has 0 aromatic heterocycles. The molecule has 2 aromatic rings. The van der Waals surface area contributed by atoms with Crippen molar-refractivity contribution in [3.8, 4) is 0 Å². The first kappa shape index (κ1) is 28.4. The lowest BCUT2D eigenvalue weighted by atomic mass is 10.1. The molecule has 9 heteroatoms. The highest BCUT2D eigenvalue weighted by Crippen LogP contribution is 2.12. The van der Waals surface area contributed by atoms with Crippen LogP contribution in [0.1, 0.15) is 45.2 Å². The molecule has 2 rings (SSSR count). The molecular formula is C27H34N2O7. The molecule has 0 bridgehead atoms. The number of carbonyl (C=O) groups is 4. The first-order valence-electron chi connectivity index (χ1n) is 11.7. The van der Waals surface area contributed by atoms with E-state index >= 15 is 0 Å². The van der Waals surface area contributed by atoms with Gasteiger partial charge in [0.15, 0.2) is 0 Å². The average molecular weight is 499 g/mol. The quantitative estimate of drug-likeness (QED) is 0.372. The summed E-state index contributed by atoms with van der Waals surface area (Å²) in [5.74, 6) is -1.94. The van der Waals surface area contributed by atoms with E-state index in [0.29, 0.717) is 0 Å². The monoisotopic (exact) mass is 498 g/mol. The molecule has 0 spiro atoms. The minimum absolute atomic E-state index is 0.0174. The fraction of sp³-hybridized carbons (Fsp3) is 0.407. The average Bonchev–Trinajstić information content (AvgIpc) is 2.82. The first-order valence-corrected chi connectivity index (χ1v) is 11.7. The summed E-state index contributed by atoms with van der Waals surface area (Å²) in [5, 5.41) is 2.47. The van der Waals surface area contributed by atoms with E-state index in [1.165, 1.54) is 4.90 Å². The second kappa shape index (κ2) is 13.9. The van der Waals surface area contributed by atoms with Gasteiger partial charge >= 0.3 is 18.0 Å². The van der Waals surface area contributed by atoms with Gasteiger partial charge in [-0.05, 0) is 38.8 Å². The summed E-state index contributed by atoms with van der Waals surface area (Å²) in [6.45, 7) is 6.59. The Bertz CT molecular complexity index is 1000. The zero-order valence-electron chi connectivity index (χ0n) is 21.2. The lowest BCUT2D eigenvalue weighted by Gasteiger charge is -2.28. The Morgan fingerprint density at radius 2 is 1.44 bits per heavy atom. The first-order chi connectivity index (χ1) is 17.1. The van der Waals surface area contributed by atoms with E-state index in [-0.39, 0.29) is 26.3 Å². The third-order valence-electron chi connectivity index (χ3n) is 4.76. The van der Waals surface area contributed by atoms with Crippen molar-refractivity contribution in [2.24, 2.45) is 0 Å². The van der Waals surface area contributed by atoms with E-state index in [4.69, 9.17) is 14.2 Å². The maximum absolute atomic E-state index is 13.5. The second-order valence-electron chi connectivity index (χ2n) is 9.03. The van der Waals surface area contributed by atoms with Crippen molar-refractivity contribution in [2.45, 2.75) is 58.9 Å². The van der Waals surface area contributed by atoms with Crippen molar-refractivity contribution in [1.82, 2.24) is 10.2 Å². The van der Waals surface area contributed by atoms with E-state index < -0.39 is 42.0 Å². The molecule has 0 aliphatic carbocycles. The molecule has 0 saturated heterocycles. The van der Waals surface area contributed by atoms with Crippen LogP contribution in [0.2, 0.25) is 0 Å². The maximum atomic E-state index is 13.5. The Morgan fingerprint density at radius 3 is 2.00 bits per heavy atom. The summed E-state index contributed by atoms with van der Waals surface area (Å²) in [6, 6.07) is 16.8. The molecule has 0 heterocycles. The number of esters is 2. The highest BCUT2D eigenvalue weighted by Gasteiger charge is 2.32. The summed E-state index contributed by atoms with van der Waals surface area (Å²) >= 11 is 0. The van der Waals surface area contributed by atoms with Crippen LogP contribution in [0.3, 0.4) is 0 Å². The second-order valence-corrected chi connectivity index (χ2v) is 9.03. The minimum Gasteiger partial charge on any atom is -0.465 e. The van der Waals surface area contributed by atoms with E-state index in [9.17, 15) is 19.2 Å². The number of alkyl carbamates (subject to hydrolysis) is 1. The summed E-state index contributed by atoms with van der Waals surface area (Å²) in [4.78, 5) is 52.1. The maximum Gasteiger partial charge on any atom is 0.408 e. The third kappa shape index (κ3) is 10.6. The zero-order chi connectivity index (χ0) is 26.6. The summed E-state index contributed by atoms with van der Waals surface area (Å²) < 4.78 is 15.6. The summed E-state index contributed by atoms with van der Waals surface area (Å²) in [7, 11) is 0. The van der Waals surface area contributed by atoms with Crippen molar-refractivity contribution in [1.29, 1.82) is 0 Å². The van der Waals surface area contributed by atoms with Gasteiger partial charge < -0.3 is 24.4 Å². The third-order valence-corrected chi connectivity index (χ3v) is 4.76. The standard InChI is InChI=1S/C27H34N2O7/c1-5-34-24(31)18-29(17-20-12-8-6-9-13-20)25(32)22(28-26(33)36-27(2,3)4)16-23(30)35-19-21-14-10-7-11-15-21/h6-15,22H,5,16-19H2,1-4H3,(H,28,33)/t22-/m1/s1. The molecule has 1 N–H and O–H groups in total. The number of carbonyl (C=O) groups excluding carboxylic acids is 4. The molecule has 0 saturated carbocycles. The Morgan fingerprint density at radius 1 is 0.861 bits per heavy atom.